The SMILES string of the molecule is CCc1cc(CNC(=O)c2cccnc2)c(O)c2c1C[C@H]1C[C@H]3[C@H](N(C)C)C(=O)C(C(N)=O)C(=O)[C@@]3(O)C(=O)C1C2=O. The summed E-state index contributed by atoms with van der Waals surface area (Å²) in [5.41, 5.74) is 4.34. The minimum Gasteiger partial charge on any atom is -0.507 e. The molecule has 1 aromatic heterocycles. The Morgan fingerprint density at radius 3 is 2.48 bits per heavy atom. The topological polar surface area (TPSA) is 197 Å². The van der Waals surface area contributed by atoms with Crippen LogP contribution in [0.1, 0.15) is 50.8 Å². The highest BCUT2D eigenvalue weighted by Crippen LogP contribution is 2.51. The van der Waals surface area contributed by atoms with Crippen LogP contribution in [0.15, 0.2) is 30.6 Å². The van der Waals surface area contributed by atoms with Crippen molar-refractivity contribution in [2.24, 2.45) is 29.4 Å². The number of hydrogen-bond donors (Lipinski definition) is 4. The van der Waals surface area contributed by atoms with Gasteiger partial charge >= 0.3 is 0 Å². The molecule has 3 aliphatic rings. The number of primary amides is 1. The van der Waals surface area contributed by atoms with Gasteiger partial charge in [0, 0.05) is 30.4 Å². The van der Waals surface area contributed by atoms with Crippen molar-refractivity contribution in [2.45, 2.75) is 44.4 Å². The van der Waals surface area contributed by atoms with Crippen molar-refractivity contribution in [1.82, 2.24) is 15.2 Å². The van der Waals surface area contributed by atoms with E-state index in [1.165, 1.54) is 31.4 Å². The Balaban J connectivity index is 1.55. The third kappa shape index (κ3) is 4.24. The van der Waals surface area contributed by atoms with E-state index in [0.29, 0.717) is 17.5 Å². The molecule has 2 fully saturated rings. The number of nitrogens with two attached hydrogens (primary N) is 1. The van der Waals surface area contributed by atoms with Gasteiger partial charge in [-0.3, -0.25) is 38.7 Å². The van der Waals surface area contributed by atoms with Crippen molar-refractivity contribution in [2.75, 3.05) is 14.1 Å². The molecular weight excluding hydrogens is 544 g/mol. The van der Waals surface area contributed by atoms with Gasteiger partial charge in [-0.2, -0.15) is 0 Å². The number of aromatic nitrogens is 1. The first-order valence-electron chi connectivity index (χ1n) is 13.7. The van der Waals surface area contributed by atoms with Crippen molar-refractivity contribution in [1.29, 1.82) is 0 Å². The number of fused-ring (bicyclic) bond motifs is 3. The molecule has 2 amide bonds. The first kappa shape index (κ1) is 29.2. The summed E-state index contributed by atoms with van der Waals surface area (Å²) < 4.78 is 0. The molecule has 2 unspecified atom stereocenters. The molecular formula is C30H32N4O8. The Morgan fingerprint density at radius 2 is 1.88 bits per heavy atom. The number of likely N-dealkylation sites (N-methyl/N-ethyl adjacent to an activating group) is 1. The van der Waals surface area contributed by atoms with E-state index in [4.69, 9.17) is 5.73 Å². The minimum absolute atomic E-state index is 0.0171. The quantitative estimate of drug-likeness (QED) is 0.333. The van der Waals surface area contributed by atoms with Gasteiger partial charge in [-0.05, 0) is 62.5 Å². The zero-order valence-electron chi connectivity index (χ0n) is 23.4. The summed E-state index contributed by atoms with van der Waals surface area (Å²) in [4.78, 5) is 84.7. The number of nitrogens with zero attached hydrogens (tertiary/aromatic N) is 2. The molecule has 220 valence electrons. The fourth-order valence-electron chi connectivity index (χ4n) is 7.04. The highest BCUT2D eigenvalue weighted by molar-refractivity contribution is 6.32. The highest BCUT2D eigenvalue weighted by Gasteiger charge is 2.69. The zero-order valence-corrected chi connectivity index (χ0v) is 23.4. The number of aliphatic hydroxyl groups is 1. The second-order valence-electron chi connectivity index (χ2n) is 11.5. The van der Waals surface area contributed by atoms with Gasteiger partial charge < -0.3 is 21.3 Å². The van der Waals surface area contributed by atoms with E-state index in [0.717, 1.165) is 5.56 Å². The molecule has 1 heterocycles. The van der Waals surface area contributed by atoms with Crippen molar-refractivity contribution in [3.05, 3.63) is 58.4 Å². The summed E-state index contributed by atoms with van der Waals surface area (Å²) in [6.45, 7) is 1.75. The van der Waals surface area contributed by atoms with Crippen molar-refractivity contribution in [3.8, 4) is 5.75 Å². The van der Waals surface area contributed by atoms with E-state index >= 15 is 0 Å². The predicted octanol–water partition coefficient (Wildman–Crippen LogP) is -0.246. The second-order valence-corrected chi connectivity index (χ2v) is 11.5. The Hall–Kier alpha value is -4.29. The lowest BCUT2D eigenvalue weighted by Gasteiger charge is -2.52. The van der Waals surface area contributed by atoms with Gasteiger partial charge in [-0.1, -0.05) is 13.0 Å². The van der Waals surface area contributed by atoms with Gasteiger partial charge in [0.05, 0.1) is 23.1 Å². The molecule has 0 radical (unpaired) electrons. The smallest absolute Gasteiger partial charge is 0.253 e. The van der Waals surface area contributed by atoms with Crippen LogP contribution >= 0.6 is 0 Å². The largest absolute Gasteiger partial charge is 0.507 e. The predicted molar refractivity (Wildman–Crippen MR) is 146 cm³/mol. The number of amides is 2. The third-order valence-corrected chi connectivity index (χ3v) is 8.98. The van der Waals surface area contributed by atoms with Gasteiger partial charge in [-0.25, -0.2) is 0 Å². The number of rotatable bonds is 6. The zero-order chi connectivity index (χ0) is 30.7. The van der Waals surface area contributed by atoms with Crippen LogP contribution in [0.3, 0.4) is 0 Å². The van der Waals surface area contributed by atoms with E-state index in [1.54, 1.807) is 18.2 Å². The lowest BCUT2D eigenvalue weighted by Crippen LogP contribution is -2.74. The summed E-state index contributed by atoms with van der Waals surface area (Å²) in [7, 11) is 3.08. The fourth-order valence-corrected chi connectivity index (χ4v) is 7.04. The van der Waals surface area contributed by atoms with E-state index in [2.05, 4.69) is 10.3 Å². The number of aromatic hydroxyl groups is 1. The maximum absolute atomic E-state index is 14.0. The van der Waals surface area contributed by atoms with Crippen molar-refractivity contribution >= 4 is 34.9 Å². The summed E-state index contributed by atoms with van der Waals surface area (Å²) in [6, 6.07) is 3.73. The van der Waals surface area contributed by atoms with Crippen LogP contribution in [-0.4, -0.2) is 80.8 Å². The molecule has 42 heavy (non-hydrogen) atoms. The van der Waals surface area contributed by atoms with Gasteiger partial charge in [-0.15, -0.1) is 0 Å². The summed E-state index contributed by atoms with van der Waals surface area (Å²) in [5.74, 6) is -11.4. The number of carbonyl (C=O) groups excluding carboxylic acids is 6. The van der Waals surface area contributed by atoms with Crippen molar-refractivity contribution in [3.63, 3.8) is 0 Å². The first-order chi connectivity index (χ1) is 19.8. The molecule has 12 nitrogen and oxygen atoms in total. The number of pyridine rings is 1. The molecule has 0 bridgehead atoms. The fraction of sp³-hybridized carbons (Fsp3) is 0.433. The Morgan fingerprint density at radius 1 is 1.17 bits per heavy atom. The van der Waals surface area contributed by atoms with Crippen LogP contribution < -0.4 is 11.1 Å². The Kier molecular flexibility index (Phi) is 7.32. The van der Waals surface area contributed by atoms with Gasteiger partial charge in [0.1, 0.15) is 5.75 Å². The second kappa shape index (κ2) is 10.5. The lowest BCUT2D eigenvalue weighted by molar-refractivity contribution is -0.181. The summed E-state index contributed by atoms with van der Waals surface area (Å²) >= 11 is 0. The molecule has 2 aromatic rings. The minimum atomic E-state index is -2.78. The van der Waals surface area contributed by atoms with Crippen LogP contribution in [0.2, 0.25) is 0 Å². The molecule has 0 saturated heterocycles. The van der Waals surface area contributed by atoms with Crippen LogP contribution in [0.5, 0.6) is 5.75 Å². The number of aryl methyl sites for hydroxylation is 1. The molecule has 2 saturated carbocycles. The molecule has 6 atom stereocenters. The van der Waals surface area contributed by atoms with Crippen LogP contribution in [0.25, 0.3) is 0 Å². The standard InChI is InChI=1S/C30H32N4O8/c1-4-13-8-16(12-33-29(41)14-6-5-7-32-11-14)23(35)20-17(13)9-15-10-18-22(34(2)3)25(37)21(28(31)40)27(39)30(18,42)26(38)19(15)24(20)36/h5-8,11,15,18-19,21-22,35,42H,4,9-10,12H2,1-3H3,(H2,31,40)(H,33,41)/t15-,18-,19?,21?,22-,30-/m0/s1. The monoisotopic (exact) mass is 576 g/mol. The average molecular weight is 577 g/mol. The normalized spacial score (nSPS) is 28.6. The number of phenolic OH excluding ortho intramolecular Hbond substituents is 1. The van der Waals surface area contributed by atoms with Gasteiger partial charge in [0.25, 0.3) is 5.91 Å². The Bertz CT molecular complexity index is 1540. The number of benzene rings is 1. The average Bonchev–Trinajstić information content (AvgIpc) is 2.94. The van der Waals surface area contributed by atoms with Crippen LogP contribution in [0.4, 0.5) is 0 Å². The molecule has 3 aliphatic carbocycles. The van der Waals surface area contributed by atoms with E-state index in [1.807, 2.05) is 6.92 Å². The van der Waals surface area contributed by atoms with Gasteiger partial charge in [0.15, 0.2) is 34.7 Å². The number of phenols is 1. The summed E-state index contributed by atoms with van der Waals surface area (Å²) in [6.07, 6.45) is 3.56. The molecule has 5 rings (SSSR count). The lowest BCUT2D eigenvalue weighted by atomic mass is 9.52. The number of Topliss-reactive ketones (excluding diaryl/α,β-unsaturated/α-hetero) is 4. The maximum atomic E-state index is 14.0. The molecule has 1 aromatic carbocycles. The molecule has 0 aliphatic heterocycles. The van der Waals surface area contributed by atoms with E-state index < -0.39 is 76.0 Å². The van der Waals surface area contributed by atoms with Crippen LogP contribution in [0, 0.1) is 23.7 Å². The number of carbonyl (C=O) groups is 6. The Labute approximate surface area is 241 Å². The van der Waals surface area contributed by atoms with Crippen molar-refractivity contribution < 1.29 is 39.0 Å². The third-order valence-electron chi connectivity index (χ3n) is 8.98. The highest BCUT2D eigenvalue weighted by atomic mass is 16.3. The molecule has 5 N–H and O–H groups in total. The molecule has 0 spiro atoms. The van der Waals surface area contributed by atoms with Gasteiger partial charge in [0.2, 0.25) is 5.91 Å². The maximum Gasteiger partial charge on any atom is 0.253 e. The van der Waals surface area contributed by atoms with Crippen LogP contribution in [-0.2, 0) is 38.6 Å². The number of nitrogens with one attached hydrogen (secondary N) is 1. The van der Waals surface area contributed by atoms with E-state index in [9.17, 15) is 39.0 Å². The summed E-state index contributed by atoms with van der Waals surface area (Å²) in [5, 5.41) is 25.7. The number of hydrogen-bond acceptors (Lipinski definition) is 10. The molecule has 12 heteroatoms. The van der Waals surface area contributed by atoms with E-state index in [-0.39, 0.29) is 30.5 Å². The number of ketones is 4. The first-order valence-corrected chi connectivity index (χ1v) is 13.7.